The van der Waals surface area contributed by atoms with Gasteiger partial charge in [0.05, 0.1) is 20.3 Å². The molecule has 30 heavy (non-hydrogen) atoms. The summed E-state index contributed by atoms with van der Waals surface area (Å²) < 4.78 is 10.9. The van der Waals surface area contributed by atoms with Crippen molar-refractivity contribution in [2.45, 2.75) is 46.7 Å². The van der Waals surface area contributed by atoms with Crippen molar-refractivity contribution in [1.29, 1.82) is 0 Å². The van der Waals surface area contributed by atoms with Crippen LogP contribution in [0.15, 0.2) is 12.1 Å². The maximum absolute atomic E-state index is 13.1. The molecule has 2 saturated heterocycles. The standard InChI is InChI=1S/C24H39N3O3/c1-17-11-18(2)15-27(14-17)24(28)20(4)26-9-7-25(8-10-26)16-21-13-23(30-6)22(29-5)12-19(21)3/h12-13,17-18,20H,7-11,14-16H2,1-6H3/t17-,18-,20+/m0/s1. The minimum absolute atomic E-state index is 0.0348. The van der Waals surface area contributed by atoms with Gasteiger partial charge in [-0.1, -0.05) is 13.8 Å². The number of rotatable bonds is 6. The lowest BCUT2D eigenvalue weighted by Gasteiger charge is -2.41. The number of amides is 1. The molecule has 3 atom stereocenters. The van der Waals surface area contributed by atoms with Gasteiger partial charge in [-0.3, -0.25) is 14.6 Å². The number of carbonyl (C=O) groups excluding carboxylic acids is 1. The molecule has 168 valence electrons. The monoisotopic (exact) mass is 417 g/mol. The van der Waals surface area contributed by atoms with E-state index in [1.807, 2.05) is 6.07 Å². The van der Waals surface area contributed by atoms with Crippen molar-refractivity contribution < 1.29 is 14.3 Å². The molecule has 0 unspecified atom stereocenters. The van der Waals surface area contributed by atoms with Crippen molar-refractivity contribution in [3.05, 3.63) is 23.3 Å². The topological polar surface area (TPSA) is 45.2 Å². The van der Waals surface area contributed by atoms with Crippen LogP contribution < -0.4 is 9.47 Å². The summed E-state index contributed by atoms with van der Waals surface area (Å²) in [7, 11) is 3.35. The molecule has 1 aromatic carbocycles. The molecule has 0 saturated carbocycles. The Morgan fingerprint density at radius 3 is 2.17 bits per heavy atom. The number of carbonyl (C=O) groups is 1. The number of aryl methyl sites for hydroxylation is 1. The molecule has 6 heteroatoms. The fourth-order valence-corrected chi connectivity index (χ4v) is 5.01. The van der Waals surface area contributed by atoms with Gasteiger partial charge >= 0.3 is 0 Å². The summed E-state index contributed by atoms with van der Waals surface area (Å²) in [5.41, 5.74) is 2.48. The number of nitrogens with zero attached hydrogens (tertiary/aromatic N) is 3. The van der Waals surface area contributed by atoms with Crippen LogP contribution in [0, 0.1) is 18.8 Å². The largest absolute Gasteiger partial charge is 0.493 e. The van der Waals surface area contributed by atoms with E-state index in [1.54, 1.807) is 14.2 Å². The van der Waals surface area contributed by atoms with Crippen molar-refractivity contribution in [2.24, 2.45) is 11.8 Å². The second kappa shape index (κ2) is 10.0. The zero-order valence-corrected chi connectivity index (χ0v) is 19.6. The number of methoxy groups -OCH3 is 2. The fourth-order valence-electron chi connectivity index (χ4n) is 5.01. The highest BCUT2D eigenvalue weighted by Crippen LogP contribution is 2.31. The zero-order valence-electron chi connectivity index (χ0n) is 19.6. The molecule has 3 rings (SSSR count). The summed E-state index contributed by atoms with van der Waals surface area (Å²) in [6, 6.07) is 4.10. The first kappa shape index (κ1) is 22.9. The molecule has 0 aliphatic carbocycles. The van der Waals surface area contributed by atoms with Gasteiger partial charge in [-0.2, -0.15) is 0 Å². The molecule has 1 amide bonds. The first-order chi connectivity index (χ1) is 14.3. The Balaban J connectivity index is 1.55. The van der Waals surface area contributed by atoms with Gasteiger partial charge in [0.2, 0.25) is 5.91 Å². The molecular weight excluding hydrogens is 378 g/mol. The Morgan fingerprint density at radius 2 is 1.60 bits per heavy atom. The third-order valence-corrected chi connectivity index (χ3v) is 6.73. The van der Waals surface area contributed by atoms with Crippen LogP contribution >= 0.6 is 0 Å². The van der Waals surface area contributed by atoms with Gasteiger partial charge < -0.3 is 14.4 Å². The molecular formula is C24H39N3O3. The number of hydrogen-bond acceptors (Lipinski definition) is 5. The van der Waals surface area contributed by atoms with E-state index in [4.69, 9.17) is 9.47 Å². The van der Waals surface area contributed by atoms with Crippen molar-refractivity contribution in [2.75, 3.05) is 53.5 Å². The average Bonchev–Trinajstić information content (AvgIpc) is 2.73. The molecule has 0 N–H and O–H groups in total. The SMILES string of the molecule is COc1cc(C)c(CN2CCN([C@H](C)C(=O)N3C[C@@H](C)C[C@H](C)C3)CC2)cc1OC. The molecule has 0 aromatic heterocycles. The van der Waals surface area contributed by atoms with Crippen LogP contribution in [0.5, 0.6) is 11.5 Å². The number of ether oxygens (including phenoxy) is 2. The average molecular weight is 418 g/mol. The van der Waals surface area contributed by atoms with Crippen LogP contribution in [0.25, 0.3) is 0 Å². The lowest BCUT2D eigenvalue weighted by molar-refractivity contribution is -0.139. The molecule has 1 aromatic rings. The summed E-state index contributed by atoms with van der Waals surface area (Å²) in [5.74, 6) is 3.06. The maximum atomic E-state index is 13.1. The van der Waals surface area contributed by atoms with Gasteiger partial charge in [-0.05, 0) is 55.4 Å². The van der Waals surface area contributed by atoms with Gasteiger partial charge in [-0.15, -0.1) is 0 Å². The second-order valence-electron chi connectivity index (χ2n) is 9.31. The number of piperazine rings is 1. The summed E-state index contributed by atoms with van der Waals surface area (Å²) >= 11 is 0. The molecule has 2 heterocycles. The first-order valence-electron chi connectivity index (χ1n) is 11.3. The van der Waals surface area contributed by atoms with Crippen molar-refractivity contribution in [3.63, 3.8) is 0 Å². The summed E-state index contributed by atoms with van der Waals surface area (Å²) in [5, 5.41) is 0. The first-order valence-corrected chi connectivity index (χ1v) is 11.3. The molecule has 0 radical (unpaired) electrons. The fraction of sp³-hybridized carbons (Fsp3) is 0.708. The van der Waals surface area contributed by atoms with E-state index >= 15 is 0 Å². The molecule has 6 nitrogen and oxygen atoms in total. The van der Waals surface area contributed by atoms with Gasteiger partial charge in [0, 0.05) is 45.8 Å². The van der Waals surface area contributed by atoms with Crippen molar-refractivity contribution in [3.8, 4) is 11.5 Å². The smallest absolute Gasteiger partial charge is 0.239 e. The third kappa shape index (κ3) is 5.27. The Kier molecular flexibility index (Phi) is 7.64. The summed E-state index contributed by atoms with van der Waals surface area (Å²) in [4.78, 5) is 20.0. The zero-order chi connectivity index (χ0) is 21.8. The minimum atomic E-state index is -0.0348. The molecule has 2 aliphatic rings. The Morgan fingerprint density at radius 1 is 1.03 bits per heavy atom. The Bertz CT molecular complexity index is 721. The van der Waals surface area contributed by atoms with Crippen LogP contribution in [0.3, 0.4) is 0 Å². The number of likely N-dealkylation sites (tertiary alicyclic amines) is 1. The van der Waals surface area contributed by atoms with E-state index in [0.717, 1.165) is 57.3 Å². The van der Waals surface area contributed by atoms with E-state index in [1.165, 1.54) is 17.5 Å². The Labute approximate surface area is 182 Å². The normalized spacial score (nSPS) is 24.5. The van der Waals surface area contributed by atoms with Crippen LogP contribution in [-0.4, -0.2) is 80.1 Å². The second-order valence-corrected chi connectivity index (χ2v) is 9.31. The van der Waals surface area contributed by atoms with Crippen molar-refractivity contribution in [1.82, 2.24) is 14.7 Å². The third-order valence-electron chi connectivity index (χ3n) is 6.73. The molecule has 0 bridgehead atoms. The highest BCUT2D eigenvalue weighted by molar-refractivity contribution is 5.81. The minimum Gasteiger partial charge on any atom is -0.493 e. The van der Waals surface area contributed by atoms with Crippen LogP contribution in [0.2, 0.25) is 0 Å². The molecule has 2 aliphatic heterocycles. The van der Waals surface area contributed by atoms with Gasteiger partial charge in [-0.25, -0.2) is 0 Å². The summed E-state index contributed by atoms with van der Waals surface area (Å²) in [6.45, 7) is 15.2. The van der Waals surface area contributed by atoms with Gasteiger partial charge in [0.15, 0.2) is 11.5 Å². The lowest BCUT2D eigenvalue weighted by atomic mass is 9.91. The number of benzene rings is 1. The lowest BCUT2D eigenvalue weighted by Crippen LogP contribution is -2.56. The number of piperidine rings is 1. The van der Waals surface area contributed by atoms with Crippen molar-refractivity contribution >= 4 is 5.91 Å². The predicted molar refractivity (Wildman–Crippen MR) is 120 cm³/mol. The number of hydrogen-bond donors (Lipinski definition) is 0. The van der Waals surface area contributed by atoms with Crippen LogP contribution in [0.4, 0.5) is 0 Å². The van der Waals surface area contributed by atoms with E-state index in [9.17, 15) is 4.79 Å². The van der Waals surface area contributed by atoms with Gasteiger partial charge in [0.25, 0.3) is 0 Å². The van der Waals surface area contributed by atoms with E-state index < -0.39 is 0 Å². The predicted octanol–water partition coefficient (Wildman–Crippen LogP) is 3.02. The molecule has 2 fully saturated rings. The van der Waals surface area contributed by atoms with Crippen LogP contribution in [0.1, 0.15) is 38.3 Å². The highest BCUT2D eigenvalue weighted by Gasteiger charge is 2.32. The van der Waals surface area contributed by atoms with E-state index in [2.05, 4.69) is 48.5 Å². The quantitative estimate of drug-likeness (QED) is 0.712. The highest BCUT2D eigenvalue weighted by atomic mass is 16.5. The van der Waals surface area contributed by atoms with E-state index in [0.29, 0.717) is 17.7 Å². The maximum Gasteiger partial charge on any atom is 0.239 e. The summed E-state index contributed by atoms with van der Waals surface area (Å²) in [6.07, 6.45) is 1.23. The van der Waals surface area contributed by atoms with Gasteiger partial charge in [0.1, 0.15) is 0 Å². The van der Waals surface area contributed by atoms with Crippen LogP contribution in [-0.2, 0) is 11.3 Å². The molecule has 0 spiro atoms. The Hall–Kier alpha value is -1.79. The van der Waals surface area contributed by atoms with E-state index in [-0.39, 0.29) is 6.04 Å².